The van der Waals surface area contributed by atoms with E-state index >= 15 is 0 Å². The molecule has 1 heterocycles. The van der Waals surface area contributed by atoms with Gasteiger partial charge in [-0.2, -0.15) is 5.10 Å². The van der Waals surface area contributed by atoms with Crippen LogP contribution in [0.25, 0.3) is 5.69 Å². The van der Waals surface area contributed by atoms with Gasteiger partial charge in [0.15, 0.2) is 17.5 Å². The van der Waals surface area contributed by atoms with Crippen molar-refractivity contribution in [2.45, 2.75) is 0 Å². The summed E-state index contributed by atoms with van der Waals surface area (Å²) in [6, 6.07) is 2.72. The SMILES string of the molecule is NC(=O)c1ccnn1-c1cc(F)c(F)c(F)c1. The van der Waals surface area contributed by atoms with Gasteiger partial charge in [-0.05, 0) is 6.07 Å². The molecule has 0 atom stereocenters. The lowest BCUT2D eigenvalue weighted by atomic mass is 10.2. The average Bonchev–Trinajstić information content (AvgIpc) is 2.74. The molecule has 0 saturated carbocycles. The summed E-state index contributed by atoms with van der Waals surface area (Å²) in [7, 11) is 0. The first-order valence-corrected chi connectivity index (χ1v) is 4.49. The van der Waals surface area contributed by atoms with Gasteiger partial charge in [0.25, 0.3) is 5.91 Å². The molecule has 2 rings (SSSR count). The Morgan fingerprint density at radius 1 is 1.24 bits per heavy atom. The lowest BCUT2D eigenvalue weighted by Crippen LogP contribution is -2.17. The van der Waals surface area contributed by atoms with Gasteiger partial charge in [0.1, 0.15) is 5.69 Å². The largest absolute Gasteiger partial charge is 0.364 e. The van der Waals surface area contributed by atoms with Crippen molar-refractivity contribution in [3.05, 3.63) is 47.5 Å². The minimum Gasteiger partial charge on any atom is -0.364 e. The molecule has 4 nitrogen and oxygen atoms in total. The quantitative estimate of drug-likeness (QED) is 0.807. The van der Waals surface area contributed by atoms with Crippen LogP contribution in [0.2, 0.25) is 0 Å². The third-order valence-corrected chi connectivity index (χ3v) is 2.11. The monoisotopic (exact) mass is 241 g/mol. The summed E-state index contributed by atoms with van der Waals surface area (Å²) in [4.78, 5) is 11.0. The van der Waals surface area contributed by atoms with Gasteiger partial charge in [-0.15, -0.1) is 0 Å². The summed E-state index contributed by atoms with van der Waals surface area (Å²) in [6.45, 7) is 0. The zero-order chi connectivity index (χ0) is 12.6. The molecule has 1 aromatic carbocycles. The van der Waals surface area contributed by atoms with E-state index in [9.17, 15) is 18.0 Å². The van der Waals surface area contributed by atoms with Crippen LogP contribution in [0.5, 0.6) is 0 Å². The number of nitrogens with zero attached hydrogens (tertiary/aromatic N) is 2. The van der Waals surface area contributed by atoms with E-state index in [4.69, 9.17) is 5.73 Å². The highest BCUT2D eigenvalue weighted by Crippen LogP contribution is 2.17. The van der Waals surface area contributed by atoms with Gasteiger partial charge in [-0.3, -0.25) is 4.79 Å². The van der Waals surface area contributed by atoms with Gasteiger partial charge in [-0.25, -0.2) is 17.9 Å². The minimum absolute atomic E-state index is 0.0598. The van der Waals surface area contributed by atoms with Gasteiger partial charge in [-0.1, -0.05) is 0 Å². The second kappa shape index (κ2) is 3.93. The van der Waals surface area contributed by atoms with Gasteiger partial charge in [0.05, 0.1) is 11.9 Å². The average molecular weight is 241 g/mol. The van der Waals surface area contributed by atoms with E-state index in [-0.39, 0.29) is 11.4 Å². The zero-order valence-electron chi connectivity index (χ0n) is 8.32. The highest BCUT2D eigenvalue weighted by Gasteiger charge is 2.15. The van der Waals surface area contributed by atoms with Crippen LogP contribution in [0, 0.1) is 17.5 Å². The van der Waals surface area contributed by atoms with Crippen molar-refractivity contribution in [2.24, 2.45) is 5.73 Å². The number of nitrogens with two attached hydrogens (primary N) is 1. The highest BCUT2D eigenvalue weighted by atomic mass is 19.2. The number of benzene rings is 1. The van der Waals surface area contributed by atoms with Crippen molar-refractivity contribution in [3.8, 4) is 5.69 Å². The van der Waals surface area contributed by atoms with Gasteiger partial charge in [0.2, 0.25) is 0 Å². The van der Waals surface area contributed by atoms with Crippen molar-refractivity contribution >= 4 is 5.91 Å². The lowest BCUT2D eigenvalue weighted by Gasteiger charge is -2.06. The van der Waals surface area contributed by atoms with Crippen molar-refractivity contribution in [1.29, 1.82) is 0 Å². The van der Waals surface area contributed by atoms with Crippen LogP contribution in [-0.4, -0.2) is 15.7 Å². The summed E-state index contributed by atoms with van der Waals surface area (Å²) >= 11 is 0. The highest BCUT2D eigenvalue weighted by molar-refractivity contribution is 5.91. The normalized spacial score (nSPS) is 10.5. The number of rotatable bonds is 2. The third kappa shape index (κ3) is 1.86. The fraction of sp³-hybridized carbons (Fsp3) is 0. The summed E-state index contributed by atoms with van der Waals surface area (Å²) < 4.78 is 39.6. The van der Waals surface area contributed by atoms with E-state index < -0.39 is 23.4 Å². The molecule has 7 heteroatoms. The maximum Gasteiger partial charge on any atom is 0.267 e. The van der Waals surface area contributed by atoms with Crippen LogP contribution in [0.15, 0.2) is 24.4 Å². The van der Waals surface area contributed by atoms with Crippen LogP contribution in [-0.2, 0) is 0 Å². The number of hydrogen-bond acceptors (Lipinski definition) is 2. The molecule has 0 spiro atoms. The Hall–Kier alpha value is -2.31. The number of carbonyl (C=O) groups is 1. The number of primary amides is 1. The summed E-state index contributed by atoms with van der Waals surface area (Å²) in [6.07, 6.45) is 1.24. The maximum absolute atomic E-state index is 13.0. The molecule has 1 amide bonds. The first kappa shape index (κ1) is 11.2. The molecule has 0 aliphatic rings. The topological polar surface area (TPSA) is 60.9 Å². The Kier molecular flexibility index (Phi) is 2.58. The van der Waals surface area contributed by atoms with Gasteiger partial charge in [0, 0.05) is 12.1 Å². The van der Waals surface area contributed by atoms with E-state index in [1.54, 1.807) is 0 Å². The molecule has 0 fully saturated rings. The van der Waals surface area contributed by atoms with E-state index in [2.05, 4.69) is 5.10 Å². The Bertz CT molecular complexity index is 571. The molecule has 2 N–H and O–H groups in total. The van der Waals surface area contributed by atoms with Crippen LogP contribution in [0.3, 0.4) is 0 Å². The van der Waals surface area contributed by atoms with Crippen LogP contribution >= 0.6 is 0 Å². The summed E-state index contributed by atoms with van der Waals surface area (Å²) in [5.74, 6) is -5.13. The lowest BCUT2D eigenvalue weighted by molar-refractivity contribution is 0.0993. The summed E-state index contributed by atoms with van der Waals surface area (Å²) in [5, 5.41) is 3.68. The third-order valence-electron chi connectivity index (χ3n) is 2.11. The number of carbonyl (C=O) groups excluding carboxylic acids is 1. The molecule has 0 radical (unpaired) electrons. The Labute approximate surface area is 93.5 Å². The first-order chi connectivity index (χ1) is 8.00. The van der Waals surface area contributed by atoms with E-state index in [1.807, 2.05) is 0 Å². The standard InChI is InChI=1S/C10H6F3N3O/c11-6-3-5(4-7(12)9(6)13)16-8(10(14)17)1-2-15-16/h1-4H,(H2,14,17). The molecule has 17 heavy (non-hydrogen) atoms. The molecular weight excluding hydrogens is 235 g/mol. The molecule has 0 bridgehead atoms. The first-order valence-electron chi connectivity index (χ1n) is 4.49. The minimum atomic E-state index is -1.58. The molecule has 0 aliphatic heterocycles. The van der Waals surface area contributed by atoms with Crippen molar-refractivity contribution in [1.82, 2.24) is 9.78 Å². The molecule has 88 valence electrons. The Morgan fingerprint density at radius 3 is 2.35 bits per heavy atom. The van der Waals surface area contributed by atoms with E-state index in [0.717, 1.165) is 16.8 Å². The Balaban J connectivity index is 2.61. The fourth-order valence-corrected chi connectivity index (χ4v) is 1.36. The van der Waals surface area contributed by atoms with Gasteiger partial charge >= 0.3 is 0 Å². The number of aromatic nitrogens is 2. The second-order valence-electron chi connectivity index (χ2n) is 3.22. The molecule has 1 aromatic heterocycles. The zero-order valence-corrected chi connectivity index (χ0v) is 8.32. The molecule has 0 saturated heterocycles. The van der Waals surface area contributed by atoms with E-state index in [1.165, 1.54) is 12.3 Å². The number of hydrogen-bond donors (Lipinski definition) is 1. The second-order valence-corrected chi connectivity index (χ2v) is 3.22. The van der Waals surface area contributed by atoms with Crippen molar-refractivity contribution in [2.75, 3.05) is 0 Å². The predicted molar refractivity (Wildman–Crippen MR) is 52.0 cm³/mol. The van der Waals surface area contributed by atoms with Gasteiger partial charge < -0.3 is 5.73 Å². The number of amides is 1. The number of halogens is 3. The maximum atomic E-state index is 13.0. The fourth-order valence-electron chi connectivity index (χ4n) is 1.36. The molecule has 2 aromatic rings. The van der Waals surface area contributed by atoms with E-state index in [0.29, 0.717) is 0 Å². The van der Waals surface area contributed by atoms with Crippen molar-refractivity contribution in [3.63, 3.8) is 0 Å². The molecular formula is C10H6F3N3O. The van der Waals surface area contributed by atoms with Crippen LogP contribution in [0.1, 0.15) is 10.5 Å². The molecule has 0 unspecified atom stereocenters. The smallest absolute Gasteiger partial charge is 0.267 e. The molecule has 0 aliphatic carbocycles. The Morgan fingerprint density at radius 2 is 1.82 bits per heavy atom. The summed E-state index contributed by atoms with van der Waals surface area (Å²) in [5.41, 5.74) is 4.86. The van der Waals surface area contributed by atoms with Crippen LogP contribution in [0.4, 0.5) is 13.2 Å². The van der Waals surface area contributed by atoms with Crippen molar-refractivity contribution < 1.29 is 18.0 Å². The van der Waals surface area contributed by atoms with Crippen LogP contribution < -0.4 is 5.73 Å². The predicted octanol–water partition coefficient (Wildman–Crippen LogP) is 1.39.